The number of pyridine rings is 1. The van der Waals surface area contributed by atoms with Crippen LogP contribution < -0.4 is 10.6 Å². The van der Waals surface area contributed by atoms with Crippen molar-refractivity contribution < 1.29 is 27.9 Å². The summed E-state index contributed by atoms with van der Waals surface area (Å²) in [6, 6.07) is 7.34. The molecule has 1 amide bonds. The van der Waals surface area contributed by atoms with Crippen molar-refractivity contribution in [2.24, 2.45) is 5.92 Å². The SMILES string of the molecule is O=C(N[C@H](CCN1CC[C@@H](CCc2ccc3c(n2)NCCC3)C1)C(=O)O)c1ccccc1C(F)(F)F. The van der Waals surface area contributed by atoms with Crippen LogP contribution >= 0.6 is 0 Å². The van der Waals surface area contributed by atoms with E-state index in [-0.39, 0.29) is 6.42 Å². The summed E-state index contributed by atoms with van der Waals surface area (Å²) in [6.45, 7) is 3.03. The van der Waals surface area contributed by atoms with E-state index in [0.717, 1.165) is 75.4 Å². The van der Waals surface area contributed by atoms with Crippen LogP contribution in [0.1, 0.15) is 52.9 Å². The first-order chi connectivity index (χ1) is 17.2. The number of carbonyl (C=O) groups is 2. The van der Waals surface area contributed by atoms with Crippen LogP contribution in [0.2, 0.25) is 0 Å². The van der Waals surface area contributed by atoms with Gasteiger partial charge in [-0.2, -0.15) is 13.2 Å². The van der Waals surface area contributed by atoms with Crippen LogP contribution in [-0.4, -0.2) is 59.1 Å². The van der Waals surface area contributed by atoms with Gasteiger partial charge in [0.2, 0.25) is 0 Å². The van der Waals surface area contributed by atoms with Gasteiger partial charge in [0.15, 0.2) is 0 Å². The molecule has 0 radical (unpaired) electrons. The number of aromatic nitrogens is 1. The molecule has 3 heterocycles. The minimum absolute atomic E-state index is 0.111. The summed E-state index contributed by atoms with van der Waals surface area (Å²) in [4.78, 5) is 31.1. The number of carbonyl (C=O) groups excluding carboxylic acids is 1. The average molecular weight is 505 g/mol. The molecule has 2 atom stereocenters. The maximum absolute atomic E-state index is 13.2. The molecular weight excluding hydrogens is 473 g/mol. The fourth-order valence-corrected chi connectivity index (χ4v) is 4.95. The molecule has 7 nitrogen and oxygen atoms in total. The van der Waals surface area contributed by atoms with Crippen LogP contribution in [0.4, 0.5) is 19.0 Å². The molecule has 1 fully saturated rings. The van der Waals surface area contributed by atoms with Crippen molar-refractivity contribution in [1.29, 1.82) is 0 Å². The molecule has 0 bridgehead atoms. The lowest BCUT2D eigenvalue weighted by Crippen LogP contribution is -2.43. The van der Waals surface area contributed by atoms with E-state index >= 15 is 0 Å². The van der Waals surface area contributed by atoms with Gasteiger partial charge < -0.3 is 20.6 Å². The largest absolute Gasteiger partial charge is 0.480 e. The Hall–Kier alpha value is -3.14. The molecule has 2 aliphatic rings. The summed E-state index contributed by atoms with van der Waals surface area (Å²) in [5.41, 5.74) is 0.662. The summed E-state index contributed by atoms with van der Waals surface area (Å²) in [5, 5.41) is 15.2. The zero-order valence-electron chi connectivity index (χ0n) is 20.0. The normalized spacial score (nSPS) is 18.8. The van der Waals surface area contributed by atoms with Crippen molar-refractivity contribution in [3.8, 4) is 0 Å². The van der Waals surface area contributed by atoms with Gasteiger partial charge in [-0.05, 0) is 74.8 Å². The molecule has 4 rings (SSSR count). The molecule has 0 aliphatic carbocycles. The second-order valence-electron chi connectivity index (χ2n) is 9.53. The Morgan fingerprint density at radius 1 is 1.22 bits per heavy atom. The summed E-state index contributed by atoms with van der Waals surface area (Å²) < 4.78 is 39.7. The number of halogens is 3. The van der Waals surface area contributed by atoms with E-state index < -0.39 is 35.2 Å². The van der Waals surface area contributed by atoms with Crippen molar-refractivity contribution in [3.63, 3.8) is 0 Å². The van der Waals surface area contributed by atoms with E-state index in [4.69, 9.17) is 4.98 Å². The number of fused-ring (bicyclic) bond motifs is 1. The van der Waals surface area contributed by atoms with Gasteiger partial charge in [-0.3, -0.25) is 4.79 Å². The zero-order chi connectivity index (χ0) is 25.7. The van der Waals surface area contributed by atoms with E-state index in [0.29, 0.717) is 12.5 Å². The maximum Gasteiger partial charge on any atom is 0.417 e. The predicted octanol–water partition coefficient (Wildman–Crippen LogP) is 3.99. The lowest BCUT2D eigenvalue weighted by Gasteiger charge is -2.21. The topological polar surface area (TPSA) is 94.6 Å². The number of anilines is 1. The van der Waals surface area contributed by atoms with Crippen LogP contribution in [0, 0.1) is 5.92 Å². The Morgan fingerprint density at radius 2 is 2.03 bits per heavy atom. The Bertz CT molecular complexity index is 1090. The smallest absolute Gasteiger partial charge is 0.417 e. The van der Waals surface area contributed by atoms with E-state index in [1.165, 1.54) is 17.7 Å². The number of aliphatic carboxylic acids is 1. The van der Waals surface area contributed by atoms with E-state index in [1.807, 2.05) is 0 Å². The molecule has 10 heteroatoms. The van der Waals surface area contributed by atoms with Gasteiger partial charge in [-0.25, -0.2) is 9.78 Å². The minimum atomic E-state index is -4.71. The minimum Gasteiger partial charge on any atom is -0.480 e. The highest BCUT2D eigenvalue weighted by Gasteiger charge is 2.35. The molecule has 36 heavy (non-hydrogen) atoms. The third kappa shape index (κ3) is 6.54. The fourth-order valence-electron chi connectivity index (χ4n) is 4.95. The second-order valence-corrected chi connectivity index (χ2v) is 9.53. The number of hydrogen-bond donors (Lipinski definition) is 3. The van der Waals surface area contributed by atoms with Gasteiger partial charge in [-0.15, -0.1) is 0 Å². The monoisotopic (exact) mass is 504 g/mol. The highest BCUT2D eigenvalue weighted by atomic mass is 19.4. The van der Waals surface area contributed by atoms with Crippen LogP contribution in [-0.2, 0) is 23.8 Å². The van der Waals surface area contributed by atoms with E-state index in [1.54, 1.807) is 0 Å². The first-order valence-corrected chi connectivity index (χ1v) is 12.4. The number of carboxylic acids is 1. The van der Waals surface area contributed by atoms with Gasteiger partial charge in [0.1, 0.15) is 11.9 Å². The number of likely N-dealkylation sites (tertiary alicyclic amines) is 1. The first kappa shape index (κ1) is 25.9. The van der Waals surface area contributed by atoms with Crippen LogP contribution in [0.25, 0.3) is 0 Å². The standard InChI is InChI=1S/C26H31F3N4O3/c27-26(28,29)21-6-2-1-5-20(21)24(34)32-22(25(35)36)12-15-33-14-11-17(16-33)7-9-19-10-8-18-4-3-13-30-23(18)31-19/h1-2,5-6,8,10,17,22H,3-4,7,9,11-16H2,(H,30,31)(H,32,34)(H,35,36)/t17-,22-/m1/s1. The van der Waals surface area contributed by atoms with Crippen molar-refractivity contribution in [3.05, 3.63) is 58.8 Å². The number of benzene rings is 1. The molecule has 1 saturated heterocycles. The van der Waals surface area contributed by atoms with Crippen molar-refractivity contribution in [1.82, 2.24) is 15.2 Å². The third-order valence-corrected chi connectivity index (χ3v) is 6.95. The van der Waals surface area contributed by atoms with Gasteiger partial charge in [-0.1, -0.05) is 18.2 Å². The third-order valence-electron chi connectivity index (χ3n) is 6.95. The quantitative estimate of drug-likeness (QED) is 0.478. The number of rotatable bonds is 9. The molecule has 0 unspecified atom stereocenters. The lowest BCUT2D eigenvalue weighted by atomic mass is 10.00. The molecule has 1 aromatic heterocycles. The molecule has 1 aromatic carbocycles. The van der Waals surface area contributed by atoms with Crippen LogP contribution in [0.15, 0.2) is 36.4 Å². The fraction of sp³-hybridized carbons (Fsp3) is 0.500. The number of nitrogens with zero attached hydrogens (tertiary/aromatic N) is 2. The molecule has 3 N–H and O–H groups in total. The number of amides is 1. The van der Waals surface area contributed by atoms with Gasteiger partial charge in [0.05, 0.1) is 11.1 Å². The lowest BCUT2D eigenvalue weighted by molar-refractivity contribution is -0.139. The molecule has 2 aliphatic heterocycles. The molecule has 0 spiro atoms. The van der Waals surface area contributed by atoms with Gasteiger partial charge >= 0.3 is 12.1 Å². The Balaban J connectivity index is 1.26. The van der Waals surface area contributed by atoms with Crippen LogP contribution in [0.5, 0.6) is 0 Å². The zero-order valence-corrected chi connectivity index (χ0v) is 20.0. The molecule has 0 saturated carbocycles. The summed E-state index contributed by atoms with van der Waals surface area (Å²) in [5.74, 6) is -0.851. The Labute approximate surface area is 208 Å². The maximum atomic E-state index is 13.2. The van der Waals surface area contributed by atoms with Crippen molar-refractivity contribution in [2.75, 3.05) is 31.5 Å². The Kier molecular flexibility index (Phi) is 8.13. The number of carboxylic acid groups (broad SMARTS) is 1. The summed E-state index contributed by atoms with van der Waals surface area (Å²) >= 11 is 0. The van der Waals surface area contributed by atoms with Crippen molar-refractivity contribution in [2.45, 2.75) is 50.7 Å². The molecule has 194 valence electrons. The average Bonchev–Trinajstić information content (AvgIpc) is 3.32. The second kappa shape index (κ2) is 11.3. The highest BCUT2D eigenvalue weighted by Crippen LogP contribution is 2.32. The Morgan fingerprint density at radius 3 is 2.81 bits per heavy atom. The number of alkyl halides is 3. The number of aryl methyl sites for hydroxylation is 2. The van der Waals surface area contributed by atoms with Gasteiger partial charge in [0, 0.05) is 25.3 Å². The van der Waals surface area contributed by atoms with Crippen molar-refractivity contribution >= 4 is 17.7 Å². The van der Waals surface area contributed by atoms with Gasteiger partial charge in [0.25, 0.3) is 5.91 Å². The number of nitrogens with one attached hydrogen (secondary N) is 2. The summed E-state index contributed by atoms with van der Waals surface area (Å²) in [6.07, 6.45) is 0.434. The van der Waals surface area contributed by atoms with E-state index in [9.17, 15) is 27.9 Å². The number of hydrogen-bond acceptors (Lipinski definition) is 5. The van der Waals surface area contributed by atoms with E-state index in [2.05, 4.69) is 27.7 Å². The molecule has 2 aromatic rings. The first-order valence-electron chi connectivity index (χ1n) is 12.4. The highest BCUT2D eigenvalue weighted by molar-refractivity contribution is 5.98. The predicted molar refractivity (Wildman–Crippen MR) is 129 cm³/mol. The molecular formula is C26H31F3N4O3. The summed E-state index contributed by atoms with van der Waals surface area (Å²) in [7, 11) is 0. The van der Waals surface area contributed by atoms with Crippen LogP contribution in [0.3, 0.4) is 0 Å².